The van der Waals surface area contributed by atoms with Crippen molar-refractivity contribution in [2.45, 2.75) is 26.3 Å². The monoisotopic (exact) mass is 325 g/mol. The fraction of sp³-hybridized carbons (Fsp3) is 0.235. The zero-order valence-corrected chi connectivity index (χ0v) is 13.6. The Morgan fingerprint density at radius 2 is 2.09 bits per heavy atom. The Balaban J connectivity index is 2.12. The lowest BCUT2D eigenvalue weighted by Crippen LogP contribution is -2.34. The van der Waals surface area contributed by atoms with Crippen molar-refractivity contribution >= 4 is 21.6 Å². The fourth-order valence-corrected chi connectivity index (χ4v) is 3.46. The van der Waals surface area contributed by atoms with Crippen LogP contribution < -0.4 is 11.2 Å². The number of benzene rings is 1. The zero-order valence-electron chi connectivity index (χ0n) is 12.8. The molecule has 2 aromatic heterocycles. The molecule has 0 atom stereocenters. The average molecular weight is 325 g/mol. The van der Waals surface area contributed by atoms with Gasteiger partial charge in [-0.1, -0.05) is 26.0 Å². The number of hydrogen-bond donors (Lipinski definition) is 1. The molecule has 0 aliphatic heterocycles. The molecule has 3 rings (SSSR count). The van der Waals surface area contributed by atoms with Crippen molar-refractivity contribution in [1.29, 1.82) is 5.26 Å². The molecule has 0 spiro atoms. The van der Waals surface area contributed by atoms with E-state index in [0.717, 1.165) is 10.4 Å². The van der Waals surface area contributed by atoms with Gasteiger partial charge in [0.05, 0.1) is 23.6 Å². The smallest absolute Gasteiger partial charge is 0.298 e. The highest BCUT2D eigenvalue weighted by molar-refractivity contribution is 7.18. The van der Waals surface area contributed by atoms with Gasteiger partial charge in [-0.3, -0.25) is 14.3 Å². The van der Waals surface area contributed by atoms with Crippen LogP contribution >= 0.6 is 11.3 Å². The first kappa shape index (κ1) is 15.3. The summed E-state index contributed by atoms with van der Waals surface area (Å²) < 4.78 is 1.18. The van der Waals surface area contributed by atoms with Gasteiger partial charge in [-0.25, -0.2) is 4.79 Å². The number of aromatic nitrogens is 2. The van der Waals surface area contributed by atoms with Crippen molar-refractivity contribution < 1.29 is 0 Å². The molecule has 2 heterocycles. The first-order chi connectivity index (χ1) is 11.0. The minimum Gasteiger partial charge on any atom is -0.298 e. The first-order valence-electron chi connectivity index (χ1n) is 7.25. The van der Waals surface area contributed by atoms with E-state index < -0.39 is 5.69 Å². The number of aromatic amines is 1. The van der Waals surface area contributed by atoms with Crippen molar-refractivity contribution in [2.24, 2.45) is 0 Å². The van der Waals surface area contributed by atoms with Gasteiger partial charge >= 0.3 is 5.69 Å². The van der Waals surface area contributed by atoms with Crippen molar-refractivity contribution in [2.75, 3.05) is 0 Å². The van der Waals surface area contributed by atoms with E-state index in [9.17, 15) is 9.59 Å². The predicted molar refractivity (Wildman–Crippen MR) is 91.1 cm³/mol. The number of fused-ring (bicyclic) bond motifs is 1. The van der Waals surface area contributed by atoms with Crippen LogP contribution in [0, 0.1) is 11.3 Å². The lowest BCUT2D eigenvalue weighted by atomic mass is 10.1. The van der Waals surface area contributed by atoms with E-state index in [1.165, 1.54) is 15.9 Å². The van der Waals surface area contributed by atoms with Gasteiger partial charge in [0.15, 0.2) is 0 Å². The van der Waals surface area contributed by atoms with Crippen LogP contribution in [0.15, 0.2) is 39.9 Å². The lowest BCUT2D eigenvalue weighted by Gasteiger charge is -2.05. The number of nitrogens with zero attached hydrogens (tertiary/aromatic N) is 2. The summed E-state index contributed by atoms with van der Waals surface area (Å²) in [7, 11) is 0. The fourth-order valence-electron chi connectivity index (χ4n) is 2.41. The Kier molecular flexibility index (Phi) is 3.89. The van der Waals surface area contributed by atoms with Crippen LogP contribution in [0.1, 0.15) is 35.8 Å². The van der Waals surface area contributed by atoms with Crippen molar-refractivity contribution in [3.8, 4) is 6.07 Å². The summed E-state index contributed by atoms with van der Waals surface area (Å²) in [4.78, 5) is 29.3. The second-order valence-corrected chi connectivity index (χ2v) is 6.76. The summed E-state index contributed by atoms with van der Waals surface area (Å²) in [6.07, 6.45) is 0. The van der Waals surface area contributed by atoms with Gasteiger partial charge in [0, 0.05) is 4.88 Å². The molecule has 0 aliphatic carbocycles. The maximum Gasteiger partial charge on any atom is 0.329 e. The second-order valence-electron chi connectivity index (χ2n) is 5.68. The Hall–Kier alpha value is -2.65. The molecule has 0 amide bonds. The maximum atomic E-state index is 12.6. The molecule has 23 heavy (non-hydrogen) atoms. The number of hydrogen-bond acceptors (Lipinski definition) is 4. The third-order valence-electron chi connectivity index (χ3n) is 3.66. The SMILES string of the molecule is CC(C)c1cc2c(=O)n(Cc3cccc(C#N)c3)c(=O)[nH]c2s1. The Bertz CT molecular complexity index is 1030. The van der Waals surface area contributed by atoms with Gasteiger partial charge in [0.25, 0.3) is 5.56 Å². The molecule has 5 nitrogen and oxygen atoms in total. The molecule has 0 saturated carbocycles. The van der Waals surface area contributed by atoms with E-state index >= 15 is 0 Å². The van der Waals surface area contributed by atoms with E-state index in [2.05, 4.69) is 24.9 Å². The Morgan fingerprint density at radius 1 is 1.30 bits per heavy atom. The molecule has 6 heteroatoms. The first-order valence-corrected chi connectivity index (χ1v) is 8.07. The highest BCUT2D eigenvalue weighted by Gasteiger charge is 2.13. The van der Waals surface area contributed by atoms with Gasteiger partial charge in [0.2, 0.25) is 0 Å². The van der Waals surface area contributed by atoms with Crippen LogP contribution in [0.3, 0.4) is 0 Å². The molecule has 3 aromatic rings. The lowest BCUT2D eigenvalue weighted by molar-refractivity contribution is 0.712. The molecule has 0 aliphatic rings. The molecule has 1 aromatic carbocycles. The number of thiophene rings is 1. The quantitative estimate of drug-likeness (QED) is 0.804. The minimum absolute atomic E-state index is 0.145. The highest BCUT2D eigenvalue weighted by Crippen LogP contribution is 2.26. The van der Waals surface area contributed by atoms with Gasteiger partial charge in [-0.2, -0.15) is 5.26 Å². The molecule has 0 saturated heterocycles. The molecule has 0 unspecified atom stereocenters. The normalized spacial score (nSPS) is 11.0. The van der Waals surface area contributed by atoms with Crippen molar-refractivity contribution in [3.63, 3.8) is 0 Å². The van der Waals surface area contributed by atoms with E-state index in [0.29, 0.717) is 21.7 Å². The van der Waals surface area contributed by atoms with Gasteiger partial charge in [0.1, 0.15) is 4.83 Å². The van der Waals surface area contributed by atoms with Gasteiger partial charge < -0.3 is 0 Å². The zero-order chi connectivity index (χ0) is 16.6. The summed E-state index contributed by atoms with van der Waals surface area (Å²) in [6.45, 7) is 4.25. The number of H-pyrrole nitrogens is 1. The predicted octanol–water partition coefficient (Wildman–Crippen LogP) is 2.79. The van der Waals surface area contributed by atoms with Crippen LogP contribution in [-0.2, 0) is 6.54 Å². The minimum atomic E-state index is -0.429. The Labute approximate surface area is 136 Å². The number of rotatable bonds is 3. The third-order valence-corrected chi connectivity index (χ3v) is 5.01. The molecular formula is C17H15N3O2S. The molecule has 116 valence electrons. The van der Waals surface area contributed by atoms with Crippen molar-refractivity contribution in [1.82, 2.24) is 9.55 Å². The number of nitriles is 1. The molecule has 0 bridgehead atoms. The topological polar surface area (TPSA) is 78.7 Å². The molecule has 0 fully saturated rings. The second kappa shape index (κ2) is 5.86. The maximum absolute atomic E-state index is 12.6. The van der Waals surface area contributed by atoms with Crippen LogP contribution in [0.25, 0.3) is 10.2 Å². The van der Waals surface area contributed by atoms with Crippen LogP contribution in [0.2, 0.25) is 0 Å². The molecule has 1 N–H and O–H groups in total. The van der Waals surface area contributed by atoms with Crippen LogP contribution in [0.5, 0.6) is 0 Å². The highest BCUT2D eigenvalue weighted by atomic mass is 32.1. The molecule has 0 radical (unpaired) electrons. The van der Waals surface area contributed by atoms with E-state index in [1.54, 1.807) is 24.3 Å². The van der Waals surface area contributed by atoms with E-state index in [1.807, 2.05) is 6.07 Å². The summed E-state index contributed by atoms with van der Waals surface area (Å²) in [6, 6.07) is 10.8. The summed E-state index contributed by atoms with van der Waals surface area (Å²) >= 11 is 1.44. The van der Waals surface area contributed by atoms with Gasteiger partial charge in [-0.05, 0) is 29.7 Å². The van der Waals surface area contributed by atoms with Crippen molar-refractivity contribution in [3.05, 3.63) is 67.2 Å². The average Bonchev–Trinajstić information content (AvgIpc) is 2.96. The van der Waals surface area contributed by atoms with Gasteiger partial charge in [-0.15, -0.1) is 11.3 Å². The third kappa shape index (κ3) is 2.83. The van der Waals surface area contributed by atoms with E-state index in [-0.39, 0.29) is 12.1 Å². The summed E-state index contributed by atoms with van der Waals surface area (Å²) in [5.74, 6) is 0.302. The standard InChI is InChI=1S/C17H15N3O2S/c1-10(2)14-7-13-15(23-14)19-17(22)20(16(13)21)9-12-5-3-4-11(6-12)8-18/h3-7,10H,9H2,1-2H3,(H,19,22). The van der Waals surface area contributed by atoms with Crippen LogP contribution in [0.4, 0.5) is 0 Å². The molecular weight excluding hydrogens is 310 g/mol. The Morgan fingerprint density at radius 3 is 2.78 bits per heavy atom. The largest absolute Gasteiger partial charge is 0.329 e. The summed E-state index contributed by atoms with van der Waals surface area (Å²) in [5, 5.41) is 9.49. The number of nitrogens with one attached hydrogen (secondary N) is 1. The van der Waals surface area contributed by atoms with E-state index in [4.69, 9.17) is 5.26 Å². The summed E-state index contributed by atoms with van der Waals surface area (Å²) in [5.41, 5.74) is 0.525. The van der Waals surface area contributed by atoms with Crippen LogP contribution in [-0.4, -0.2) is 9.55 Å².